The van der Waals surface area contributed by atoms with Crippen LogP contribution in [0, 0.1) is 12.8 Å². The van der Waals surface area contributed by atoms with Crippen LogP contribution in [0.3, 0.4) is 0 Å². The highest BCUT2D eigenvalue weighted by Crippen LogP contribution is 2.42. The number of aromatic nitrogens is 1. The molecule has 120 valence electrons. The van der Waals surface area contributed by atoms with Crippen LogP contribution in [0.15, 0.2) is 18.5 Å². The van der Waals surface area contributed by atoms with Gasteiger partial charge in [-0.1, -0.05) is 12.8 Å². The summed E-state index contributed by atoms with van der Waals surface area (Å²) in [5, 5.41) is 0. The molecule has 1 saturated heterocycles. The molecule has 4 nitrogen and oxygen atoms in total. The lowest BCUT2D eigenvalue weighted by Gasteiger charge is -2.46. The van der Waals surface area contributed by atoms with E-state index in [2.05, 4.69) is 24.0 Å². The van der Waals surface area contributed by atoms with E-state index in [-0.39, 0.29) is 5.91 Å². The van der Waals surface area contributed by atoms with Crippen molar-refractivity contribution in [1.82, 2.24) is 14.8 Å². The van der Waals surface area contributed by atoms with Crippen LogP contribution in [0.4, 0.5) is 0 Å². The van der Waals surface area contributed by atoms with E-state index in [1.54, 1.807) is 12.4 Å². The fraction of sp³-hybridized carbons (Fsp3) is 0.667. The first-order chi connectivity index (χ1) is 10.5. The Morgan fingerprint density at radius 2 is 2.05 bits per heavy atom. The molecule has 1 amide bonds. The number of pyridine rings is 1. The molecule has 0 radical (unpaired) electrons. The number of hydrogen-bond donors (Lipinski definition) is 0. The van der Waals surface area contributed by atoms with Crippen LogP contribution in [-0.2, 0) is 0 Å². The molecule has 22 heavy (non-hydrogen) atoms. The van der Waals surface area contributed by atoms with Crippen molar-refractivity contribution >= 4 is 5.91 Å². The predicted octanol–water partition coefficient (Wildman–Crippen LogP) is 2.73. The molecule has 3 rings (SSSR count). The molecule has 1 saturated carbocycles. The Morgan fingerprint density at radius 3 is 2.59 bits per heavy atom. The quantitative estimate of drug-likeness (QED) is 0.858. The van der Waals surface area contributed by atoms with Crippen LogP contribution in [0.5, 0.6) is 0 Å². The summed E-state index contributed by atoms with van der Waals surface area (Å²) in [6, 6.07) is 1.91. The highest BCUT2D eigenvalue weighted by molar-refractivity contribution is 5.95. The Hall–Kier alpha value is -1.42. The number of rotatable bonds is 4. The van der Waals surface area contributed by atoms with Gasteiger partial charge in [-0.15, -0.1) is 0 Å². The van der Waals surface area contributed by atoms with Crippen molar-refractivity contribution in [3.05, 3.63) is 29.6 Å². The Balaban J connectivity index is 1.67. The average molecular weight is 301 g/mol. The number of aryl methyl sites for hydroxylation is 1. The van der Waals surface area contributed by atoms with Gasteiger partial charge < -0.3 is 9.80 Å². The maximum absolute atomic E-state index is 12.7. The van der Waals surface area contributed by atoms with Crippen LogP contribution < -0.4 is 0 Å². The van der Waals surface area contributed by atoms with E-state index < -0.39 is 0 Å². The monoisotopic (exact) mass is 301 g/mol. The summed E-state index contributed by atoms with van der Waals surface area (Å²) >= 11 is 0. The van der Waals surface area contributed by atoms with Crippen LogP contribution in [-0.4, -0.2) is 53.4 Å². The minimum absolute atomic E-state index is 0.143. The molecule has 1 aromatic rings. The summed E-state index contributed by atoms with van der Waals surface area (Å²) in [7, 11) is 4.40. The summed E-state index contributed by atoms with van der Waals surface area (Å²) in [5.41, 5.74) is 2.06. The van der Waals surface area contributed by atoms with E-state index in [1.807, 2.05) is 17.9 Å². The number of amides is 1. The van der Waals surface area contributed by atoms with Crippen molar-refractivity contribution in [2.75, 3.05) is 27.2 Å². The number of hydrogen-bond acceptors (Lipinski definition) is 3. The standard InChI is InChI=1S/C18H27N3O/c1-14-6-9-19-13-16(14)17(22)21-10-7-18(8-11-21,20(2)3)12-15-4-5-15/h6,9,13,15H,4-5,7-8,10-12H2,1-3H3. The Kier molecular flexibility index (Phi) is 4.22. The van der Waals surface area contributed by atoms with E-state index in [0.717, 1.165) is 43.0 Å². The topological polar surface area (TPSA) is 36.4 Å². The van der Waals surface area contributed by atoms with Crippen LogP contribution in [0.25, 0.3) is 0 Å². The second-order valence-electron chi connectivity index (χ2n) is 7.25. The number of carbonyl (C=O) groups excluding carboxylic acids is 1. The average Bonchev–Trinajstić information content (AvgIpc) is 3.31. The van der Waals surface area contributed by atoms with Gasteiger partial charge in [0.2, 0.25) is 0 Å². The molecule has 0 atom stereocenters. The van der Waals surface area contributed by atoms with Crippen LogP contribution in [0.1, 0.15) is 48.0 Å². The molecule has 1 aliphatic carbocycles. The van der Waals surface area contributed by atoms with E-state index in [0.29, 0.717) is 5.54 Å². The highest BCUT2D eigenvalue weighted by Gasteiger charge is 2.41. The van der Waals surface area contributed by atoms with Crippen LogP contribution >= 0.6 is 0 Å². The Morgan fingerprint density at radius 1 is 1.36 bits per heavy atom. The lowest BCUT2D eigenvalue weighted by molar-refractivity contribution is 0.0362. The summed E-state index contributed by atoms with van der Waals surface area (Å²) in [6.07, 6.45) is 9.71. The van der Waals surface area contributed by atoms with Crippen molar-refractivity contribution in [3.8, 4) is 0 Å². The molecule has 2 aliphatic rings. The van der Waals surface area contributed by atoms with Gasteiger partial charge in [0.15, 0.2) is 0 Å². The molecule has 4 heteroatoms. The molecule has 0 bridgehead atoms. The molecule has 0 N–H and O–H groups in total. The van der Waals surface area contributed by atoms with E-state index in [9.17, 15) is 4.79 Å². The molecule has 0 spiro atoms. The van der Waals surface area contributed by atoms with E-state index >= 15 is 0 Å². The Labute approximate surface area is 133 Å². The first-order valence-electron chi connectivity index (χ1n) is 8.39. The number of carbonyl (C=O) groups is 1. The number of nitrogens with zero attached hydrogens (tertiary/aromatic N) is 3. The summed E-state index contributed by atoms with van der Waals surface area (Å²) in [4.78, 5) is 21.2. The molecule has 0 aromatic carbocycles. The van der Waals surface area contributed by atoms with Crippen molar-refractivity contribution in [2.24, 2.45) is 5.92 Å². The third kappa shape index (κ3) is 3.02. The van der Waals surface area contributed by atoms with Gasteiger partial charge in [-0.3, -0.25) is 9.78 Å². The zero-order valence-electron chi connectivity index (χ0n) is 14.0. The SMILES string of the molecule is Cc1ccncc1C(=O)N1CCC(CC2CC2)(N(C)C)CC1. The molecule has 1 aliphatic heterocycles. The lowest BCUT2D eigenvalue weighted by Crippen LogP contribution is -2.54. The normalized spacial score (nSPS) is 21.2. The molecule has 2 fully saturated rings. The summed E-state index contributed by atoms with van der Waals surface area (Å²) < 4.78 is 0. The molecular weight excluding hydrogens is 274 g/mol. The second kappa shape index (κ2) is 5.99. The third-order valence-corrected chi connectivity index (χ3v) is 5.57. The summed E-state index contributed by atoms with van der Waals surface area (Å²) in [5.74, 6) is 1.06. The van der Waals surface area contributed by atoms with Gasteiger partial charge in [0.25, 0.3) is 5.91 Å². The van der Waals surface area contributed by atoms with Gasteiger partial charge in [0.05, 0.1) is 5.56 Å². The van der Waals surface area contributed by atoms with E-state index in [1.165, 1.54) is 19.3 Å². The zero-order chi connectivity index (χ0) is 15.7. The van der Waals surface area contributed by atoms with Gasteiger partial charge in [-0.2, -0.15) is 0 Å². The smallest absolute Gasteiger partial charge is 0.255 e. The van der Waals surface area contributed by atoms with Crippen molar-refractivity contribution in [2.45, 2.75) is 44.6 Å². The molecule has 0 unspecified atom stereocenters. The van der Waals surface area contributed by atoms with Gasteiger partial charge in [-0.25, -0.2) is 0 Å². The number of likely N-dealkylation sites (tertiary alicyclic amines) is 1. The zero-order valence-corrected chi connectivity index (χ0v) is 14.0. The maximum Gasteiger partial charge on any atom is 0.255 e. The minimum Gasteiger partial charge on any atom is -0.338 e. The van der Waals surface area contributed by atoms with Gasteiger partial charge in [0, 0.05) is 31.0 Å². The van der Waals surface area contributed by atoms with Crippen LogP contribution in [0.2, 0.25) is 0 Å². The van der Waals surface area contributed by atoms with E-state index in [4.69, 9.17) is 0 Å². The predicted molar refractivity (Wildman–Crippen MR) is 87.9 cm³/mol. The Bertz CT molecular complexity index is 543. The minimum atomic E-state index is 0.143. The summed E-state index contributed by atoms with van der Waals surface area (Å²) in [6.45, 7) is 3.70. The van der Waals surface area contributed by atoms with Crippen molar-refractivity contribution in [1.29, 1.82) is 0 Å². The maximum atomic E-state index is 12.7. The highest BCUT2D eigenvalue weighted by atomic mass is 16.2. The molecule has 1 aromatic heterocycles. The van der Waals surface area contributed by atoms with Gasteiger partial charge >= 0.3 is 0 Å². The first kappa shape index (κ1) is 15.5. The van der Waals surface area contributed by atoms with Crippen molar-refractivity contribution < 1.29 is 4.79 Å². The van der Waals surface area contributed by atoms with Crippen molar-refractivity contribution in [3.63, 3.8) is 0 Å². The lowest BCUT2D eigenvalue weighted by atomic mass is 9.81. The fourth-order valence-electron chi connectivity index (χ4n) is 3.68. The van der Waals surface area contributed by atoms with Gasteiger partial charge in [0.1, 0.15) is 0 Å². The second-order valence-corrected chi connectivity index (χ2v) is 7.25. The first-order valence-corrected chi connectivity index (χ1v) is 8.39. The number of piperidine rings is 1. The third-order valence-electron chi connectivity index (χ3n) is 5.57. The fourth-order valence-corrected chi connectivity index (χ4v) is 3.68. The largest absolute Gasteiger partial charge is 0.338 e. The molecular formula is C18H27N3O. The molecule has 2 heterocycles. The van der Waals surface area contributed by atoms with Gasteiger partial charge in [-0.05, 0) is 57.8 Å².